The summed E-state index contributed by atoms with van der Waals surface area (Å²) in [6.07, 6.45) is 109. The zero-order chi connectivity index (χ0) is 69.7. The first-order valence-electron chi connectivity index (χ1n) is 40.2. The molecule has 0 N–H and O–H groups in total. The van der Waals surface area contributed by atoms with E-state index >= 15 is 0 Å². The fourth-order valence-corrected chi connectivity index (χ4v) is 12.1. The summed E-state index contributed by atoms with van der Waals surface area (Å²) in [7, 11) is 1.14. The highest BCUT2D eigenvalue weighted by molar-refractivity contribution is 7.45. The van der Waals surface area contributed by atoms with Crippen LogP contribution in [0.2, 0.25) is 0 Å². The fourth-order valence-electron chi connectivity index (χ4n) is 11.4. The van der Waals surface area contributed by atoms with Crippen LogP contribution in [0.25, 0.3) is 0 Å². The molecule has 554 valence electrons. The van der Waals surface area contributed by atoms with Gasteiger partial charge >= 0.3 is 11.9 Å². The maximum atomic E-state index is 12.9. The highest BCUT2D eigenvalue weighted by Crippen LogP contribution is 2.38. The Labute approximate surface area is 594 Å². The Morgan fingerprint density at radius 3 is 0.906 bits per heavy atom. The van der Waals surface area contributed by atoms with Crippen molar-refractivity contribution in [3.63, 3.8) is 0 Å². The van der Waals surface area contributed by atoms with Crippen molar-refractivity contribution >= 4 is 19.8 Å². The van der Waals surface area contributed by atoms with Crippen LogP contribution in [0.1, 0.15) is 361 Å². The Hall–Kier alpha value is -3.59. The number of quaternary nitrogens is 1. The average Bonchev–Trinajstić information content (AvgIpc) is 1.97. The van der Waals surface area contributed by atoms with Crippen molar-refractivity contribution in [1.82, 2.24) is 0 Å². The zero-order valence-electron chi connectivity index (χ0n) is 63.3. The summed E-state index contributed by atoms with van der Waals surface area (Å²) in [6, 6.07) is 0. The number of esters is 2. The van der Waals surface area contributed by atoms with Crippen LogP contribution in [0.4, 0.5) is 0 Å². The van der Waals surface area contributed by atoms with Crippen molar-refractivity contribution in [3.8, 4) is 0 Å². The summed E-state index contributed by atoms with van der Waals surface area (Å²) in [6.45, 7) is 4.12. The van der Waals surface area contributed by atoms with E-state index in [9.17, 15) is 19.0 Å². The molecule has 2 atom stereocenters. The minimum Gasteiger partial charge on any atom is -0.756 e. The minimum absolute atomic E-state index is 0.0424. The van der Waals surface area contributed by atoms with Crippen LogP contribution in [0.15, 0.2) is 122 Å². The molecule has 0 bridgehead atoms. The Morgan fingerprint density at radius 1 is 0.333 bits per heavy atom. The van der Waals surface area contributed by atoms with E-state index in [1.165, 1.54) is 231 Å². The van der Waals surface area contributed by atoms with Crippen LogP contribution < -0.4 is 4.89 Å². The first kappa shape index (κ1) is 92.4. The van der Waals surface area contributed by atoms with E-state index in [1.54, 1.807) is 0 Å². The molecule has 0 aromatic rings. The maximum absolute atomic E-state index is 12.9. The van der Waals surface area contributed by atoms with Gasteiger partial charge in [-0.1, -0.05) is 360 Å². The third-order valence-electron chi connectivity index (χ3n) is 17.5. The number of rotatable bonds is 74. The van der Waals surface area contributed by atoms with Gasteiger partial charge in [0.1, 0.15) is 19.8 Å². The smallest absolute Gasteiger partial charge is 0.306 e. The standard InChI is InChI=1S/C86H152NO8P/c1-6-8-10-12-14-16-18-20-22-24-26-28-30-32-34-36-38-39-40-41-42-43-44-45-46-47-49-50-52-54-56-58-60-62-64-66-68-70-72-74-76-78-85(88)92-82-84(83-94-96(90,91)93-81-80-87(3,4)5)95-86(89)79-77-75-73-71-69-67-65-63-61-59-57-55-53-51-48-37-35-33-31-29-27-25-23-21-19-17-15-13-11-9-7-2/h9,11,15,17,21,23-24,26-27,29,33,35,48,51,55,57,61,63,67,69,84H,6-8,10,12-14,16,18-20,22,25,28,30-32,34,36-47,49-50,52-54,56,58-60,62,64-66,68,70-83H2,1-5H3/b11-9-,17-15-,23-21-,26-24-,29-27-,35-33-,51-48-,57-55-,63-61-,69-67-. The van der Waals surface area contributed by atoms with Crippen LogP contribution in [0.5, 0.6) is 0 Å². The number of ether oxygens (including phenoxy) is 2. The molecule has 9 nitrogen and oxygen atoms in total. The van der Waals surface area contributed by atoms with Crippen LogP contribution in [0, 0.1) is 0 Å². The molecule has 0 amide bonds. The molecule has 2 unspecified atom stereocenters. The first-order chi connectivity index (χ1) is 47.0. The number of allylic oxidation sites excluding steroid dienone is 20. The van der Waals surface area contributed by atoms with E-state index in [0.717, 1.165) is 96.3 Å². The van der Waals surface area contributed by atoms with Crippen molar-refractivity contribution < 1.29 is 42.1 Å². The number of likely N-dealkylation sites (N-methyl/N-ethyl adjacent to an activating group) is 1. The number of hydrogen-bond donors (Lipinski definition) is 0. The van der Waals surface area contributed by atoms with Crippen molar-refractivity contribution in [2.75, 3.05) is 47.5 Å². The number of unbranched alkanes of at least 4 members (excludes halogenated alkanes) is 40. The van der Waals surface area contributed by atoms with Gasteiger partial charge in [0.25, 0.3) is 7.82 Å². The van der Waals surface area contributed by atoms with Crippen molar-refractivity contribution in [1.29, 1.82) is 0 Å². The van der Waals surface area contributed by atoms with E-state index in [1.807, 2.05) is 21.1 Å². The number of carbonyl (C=O) groups is 2. The van der Waals surface area contributed by atoms with Gasteiger partial charge in [-0.2, -0.15) is 0 Å². The average molecular weight is 1360 g/mol. The third-order valence-corrected chi connectivity index (χ3v) is 18.4. The first-order valence-corrected chi connectivity index (χ1v) is 41.7. The summed E-state index contributed by atoms with van der Waals surface area (Å²) < 4.78 is 34.3. The molecule has 0 spiro atoms. The van der Waals surface area contributed by atoms with E-state index < -0.39 is 26.5 Å². The summed E-state index contributed by atoms with van der Waals surface area (Å²) in [4.78, 5) is 38.1. The van der Waals surface area contributed by atoms with Gasteiger partial charge in [0.05, 0.1) is 27.7 Å². The molecule has 10 heteroatoms. The highest BCUT2D eigenvalue weighted by atomic mass is 31.2. The molecule has 0 heterocycles. The number of nitrogens with zero attached hydrogens (tertiary/aromatic N) is 1. The zero-order valence-corrected chi connectivity index (χ0v) is 64.2. The molecule has 96 heavy (non-hydrogen) atoms. The highest BCUT2D eigenvalue weighted by Gasteiger charge is 2.22. The third kappa shape index (κ3) is 79.4. The Morgan fingerprint density at radius 2 is 0.594 bits per heavy atom. The monoisotopic (exact) mass is 1360 g/mol. The number of phosphoric acid groups is 1. The van der Waals surface area contributed by atoms with Crippen molar-refractivity contribution in [2.24, 2.45) is 0 Å². The SMILES string of the molecule is CC/C=C\C/C=C\C/C=C\C/C=C\C/C=C\C/C=C\C/C=C\C/C=C\C/C=C\CCCCCC(=O)OC(COC(=O)CCCCCCCCCCCCCCCCCCCCCCCCCCCCCCC/C=C\CCCCCCCCCC)COP(=O)([O-])OCC[N+](C)(C)C. The number of hydrogen-bond acceptors (Lipinski definition) is 8. The molecular formula is C86H152NO8P. The predicted octanol–water partition coefficient (Wildman–Crippen LogP) is 26.3. The predicted molar refractivity (Wildman–Crippen MR) is 415 cm³/mol. The maximum Gasteiger partial charge on any atom is 0.306 e. The Kier molecular flexibility index (Phi) is 72.8. The summed E-state index contributed by atoms with van der Waals surface area (Å²) in [5.74, 6) is -0.866. The van der Waals surface area contributed by atoms with E-state index in [4.69, 9.17) is 18.5 Å². The van der Waals surface area contributed by atoms with Crippen LogP contribution in [-0.4, -0.2) is 70.0 Å². The molecular weight excluding hydrogens is 1210 g/mol. The second kappa shape index (κ2) is 75.6. The van der Waals surface area contributed by atoms with Crippen molar-refractivity contribution in [2.45, 2.75) is 367 Å². The van der Waals surface area contributed by atoms with Gasteiger partial charge in [-0.15, -0.1) is 0 Å². The molecule has 0 aromatic heterocycles. The lowest BCUT2D eigenvalue weighted by Crippen LogP contribution is -2.37. The lowest BCUT2D eigenvalue weighted by molar-refractivity contribution is -0.870. The molecule has 0 aromatic carbocycles. The lowest BCUT2D eigenvalue weighted by atomic mass is 10.0. The number of carbonyl (C=O) groups excluding carboxylic acids is 2. The summed E-state index contributed by atoms with van der Waals surface area (Å²) in [5.41, 5.74) is 0. The van der Waals surface area contributed by atoms with Crippen molar-refractivity contribution in [3.05, 3.63) is 122 Å². The molecule has 0 aliphatic rings. The second-order valence-electron chi connectivity index (χ2n) is 28.0. The van der Waals surface area contributed by atoms with Gasteiger partial charge in [0.2, 0.25) is 0 Å². The Balaban J connectivity index is 3.99. The molecule has 0 aliphatic carbocycles. The minimum atomic E-state index is -4.66. The second-order valence-corrected chi connectivity index (χ2v) is 29.5. The molecule has 0 saturated carbocycles. The quantitative estimate of drug-likeness (QED) is 0.0195. The van der Waals surface area contributed by atoms with Crippen LogP contribution in [-0.2, 0) is 32.7 Å². The molecule has 0 rings (SSSR count). The molecule has 0 aliphatic heterocycles. The molecule has 0 fully saturated rings. The lowest BCUT2D eigenvalue weighted by Gasteiger charge is -2.28. The molecule has 0 radical (unpaired) electrons. The van der Waals surface area contributed by atoms with Gasteiger partial charge in [-0.05, 0) is 109 Å². The normalized spacial score (nSPS) is 13.7. The topological polar surface area (TPSA) is 111 Å². The van der Waals surface area contributed by atoms with Crippen LogP contribution in [0.3, 0.4) is 0 Å². The summed E-state index contributed by atoms with van der Waals surface area (Å²) in [5, 5.41) is 0. The van der Waals surface area contributed by atoms with Gasteiger partial charge < -0.3 is 27.9 Å². The van der Waals surface area contributed by atoms with Gasteiger partial charge in [0.15, 0.2) is 6.10 Å². The Bertz CT molecular complexity index is 2040. The molecule has 0 saturated heterocycles. The van der Waals surface area contributed by atoms with Gasteiger partial charge in [-0.3, -0.25) is 14.2 Å². The fraction of sp³-hybridized carbons (Fsp3) is 0.744. The van der Waals surface area contributed by atoms with Crippen LogP contribution >= 0.6 is 7.82 Å². The number of phosphoric ester groups is 1. The summed E-state index contributed by atoms with van der Waals surface area (Å²) >= 11 is 0. The van der Waals surface area contributed by atoms with E-state index in [0.29, 0.717) is 17.4 Å². The largest absolute Gasteiger partial charge is 0.756 e. The van der Waals surface area contributed by atoms with E-state index in [-0.39, 0.29) is 32.0 Å². The van der Waals surface area contributed by atoms with Gasteiger partial charge in [-0.25, -0.2) is 0 Å². The van der Waals surface area contributed by atoms with Gasteiger partial charge in [0, 0.05) is 12.8 Å². The van der Waals surface area contributed by atoms with E-state index in [2.05, 4.69) is 135 Å².